The molecule has 0 radical (unpaired) electrons. The second kappa shape index (κ2) is 5.88. The maximum atomic E-state index is 12.1. The lowest BCUT2D eigenvalue weighted by Crippen LogP contribution is -2.42. The number of benzene rings is 1. The molecule has 0 aliphatic carbocycles. The highest BCUT2D eigenvalue weighted by Crippen LogP contribution is 2.20. The van der Waals surface area contributed by atoms with Crippen molar-refractivity contribution in [3.8, 4) is 0 Å². The first-order valence-corrected chi connectivity index (χ1v) is 6.97. The molecule has 0 saturated heterocycles. The molecule has 9 heteroatoms. The summed E-state index contributed by atoms with van der Waals surface area (Å²) in [6.45, 7) is 1.29. The number of nitrogen functional groups attached to an aromatic ring is 1. The number of carbonyl (C=O) groups excluding carboxylic acids is 2. The molecule has 0 aromatic heterocycles. The van der Waals surface area contributed by atoms with E-state index in [1.807, 2.05) is 0 Å². The minimum Gasteiger partial charge on any atom is -0.465 e. The van der Waals surface area contributed by atoms with Crippen molar-refractivity contribution in [3.63, 3.8) is 0 Å². The van der Waals surface area contributed by atoms with Crippen LogP contribution in [0.1, 0.15) is 17.3 Å². The average Bonchev–Trinajstić information content (AvgIpc) is 2.36. The third kappa shape index (κ3) is 3.45. The van der Waals surface area contributed by atoms with Crippen molar-refractivity contribution in [1.29, 1.82) is 0 Å². The summed E-state index contributed by atoms with van der Waals surface area (Å²) < 4.78 is 30.8. The Morgan fingerprint density at radius 2 is 1.95 bits per heavy atom. The third-order valence-electron chi connectivity index (χ3n) is 2.46. The van der Waals surface area contributed by atoms with Crippen molar-refractivity contribution >= 4 is 27.6 Å². The first kappa shape index (κ1) is 15.9. The van der Waals surface area contributed by atoms with Crippen LogP contribution >= 0.6 is 0 Å². The SMILES string of the molecule is COC(=O)c1cc(N)ccc1S(=O)(=O)NC(C)C(N)=O. The number of nitrogens with two attached hydrogens (primary N) is 2. The second-order valence-electron chi connectivity index (χ2n) is 3.99. The number of anilines is 1. The van der Waals surface area contributed by atoms with E-state index in [1.165, 1.54) is 19.1 Å². The molecule has 0 aliphatic rings. The van der Waals surface area contributed by atoms with E-state index in [9.17, 15) is 18.0 Å². The molecule has 0 aliphatic heterocycles. The second-order valence-corrected chi connectivity index (χ2v) is 5.67. The molecule has 0 bridgehead atoms. The van der Waals surface area contributed by atoms with Crippen LogP contribution in [0, 0.1) is 0 Å². The van der Waals surface area contributed by atoms with Gasteiger partial charge in [0.2, 0.25) is 15.9 Å². The molecule has 8 nitrogen and oxygen atoms in total. The normalized spacial score (nSPS) is 12.7. The summed E-state index contributed by atoms with van der Waals surface area (Å²) in [5.74, 6) is -1.70. The van der Waals surface area contributed by atoms with E-state index in [-0.39, 0.29) is 16.1 Å². The molecule has 0 fully saturated rings. The van der Waals surface area contributed by atoms with E-state index in [0.717, 1.165) is 13.2 Å². The summed E-state index contributed by atoms with van der Waals surface area (Å²) in [4.78, 5) is 22.2. The van der Waals surface area contributed by atoms with E-state index in [4.69, 9.17) is 11.5 Å². The first-order valence-electron chi connectivity index (χ1n) is 5.48. The molecule has 1 rings (SSSR count). The van der Waals surface area contributed by atoms with Gasteiger partial charge < -0.3 is 16.2 Å². The summed E-state index contributed by atoms with van der Waals surface area (Å²) in [5.41, 5.74) is 10.5. The highest BCUT2D eigenvalue weighted by Gasteiger charge is 2.26. The minimum atomic E-state index is -4.11. The maximum absolute atomic E-state index is 12.1. The Bertz CT molecular complexity index is 641. The van der Waals surface area contributed by atoms with Crippen LogP contribution < -0.4 is 16.2 Å². The molecule has 0 saturated carbocycles. The van der Waals surface area contributed by atoms with Gasteiger partial charge in [0.15, 0.2) is 0 Å². The summed E-state index contributed by atoms with van der Waals surface area (Å²) in [7, 11) is -3.00. The van der Waals surface area contributed by atoms with Crippen LogP contribution in [-0.4, -0.2) is 33.4 Å². The van der Waals surface area contributed by atoms with E-state index in [0.29, 0.717) is 0 Å². The predicted molar refractivity (Wildman–Crippen MR) is 71.2 cm³/mol. The summed E-state index contributed by atoms with van der Waals surface area (Å²) in [6.07, 6.45) is 0. The Kier molecular flexibility index (Phi) is 4.69. The van der Waals surface area contributed by atoms with Crippen molar-refractivity contribution in [1.82, 2.24) is 4.72 Å². The zero-order chi connectivity index (χ0) is 15.5. The predicted octanol–water partition coefficient (Wildman–Crippen LogP) is -0.792. The Balaban J connectivity index is 3.31. The number of hydrogen-bond acceptors (Lipinski definition) is 6. The molecule has 0 heterocycles. The van der Waals surface area contributed by atoms with E-state index in [2.05, 4.69) is 9.46 Å². The maximum Gasteiger partial charge on any atom is 0.339 e. The highest BCUT2D eigenvalue weighted by molar-refractivity contribution is 7.89. The molecule has 110 valence electrons. The van der Waals surface area contributed by atoms with Gasteiger partial charge in [0.25, 0.3) is 0 Å². The molecule has 1 unspecified atom stereocenters. The number of ether oxygens (including phenoxy) is 1. The lowest BCUT2D eigenvalue weighted by Gasteiger charge is -2.13. The van der Waals surface area contributed by atoms with Crippen LogP contribution in [0.25, 0.3) is 0 Å². The Hall–Kier alpha value is -2.13. The lowest BCUT2D eigenvalue weighted by molar-refractivity contribution is -0.119. The molecule has 1 atom stereocenters. The fourth-order valence-electron chi connectivity index (χ4n) is 1.41. The monoisotopic (exact) mass is 301 g/mol. The fourth-order valence-corrected chi connectivity index (χ4v) is 2.79. The molecule has 1 amide bonds. The van der Waals surface area contributed by atoms with Crippen LogP contribution in [0.3, 0.4) is 0 Å². The highest BCUT2D eigenvalue weighted by atomic mass is 32.2. The Morgan fingerprint density at radius 1 is 1.35 bits per heavy atom. The molecular formula is C11H15N3O5S. The summed E-state index contributed by atoms with van der Waals surface area (Å²) in [5, 5.41) is 0. The van der Waals surface area contributed by atoms with Crippen LogP contribution in [0.2, 0.25) is 0 Å². The van der Waals surface area contributed by atoms with E-state index in [1.54, 1.807) is 0 Å². The smallest absolute Gasteiger partial charge is 0.339 e. The molecule has 0 spiro atoms. The quantitative estimate of drug-likeness (QED) is 0.480. The number of esters is 1. The fraction of sp³-hybridized carbons (Fsp3) is 0.273. The van der Waals surface area contributed by atoms with E-state index < -0.39 is 27.9 Å². The van der Waals surface area contributed by atoms with Gasteiger partial charge in [0.1, 0.15) is 0 Å². The van der Waals surface area contributed by atoms with Crippen LogP contribution in [0.4, 0.5) is 5.69 Å². The molecular weight excluding hydrogens is 286 g/mol. The van der Waals surface area contributed by atoms with Crippen molar-refractivity contribution in [2.24, 2.45) is 5.73 Å². The number of methoxy groups -OCH3 is 1. The van der Waals surface area contributed by atoms with Gasteiger partial charge in [-0.15, -0.1) is 0 Å². The number of sulfonamides is 1. The Morgan fingerprint density at radius 3 is 2.45 bits per heavy atom. The van der Waals surface area contributed by atoms with Gasteiger partial charge in [-0.2, -0.15) is 4.72 Å². The van der Waals surface area contributed by atoms with Crippen molar-refractivity contribution in [3.05, 3.63) is 23.8 Å². The Labute approximate surface area is 116 Å². The minimum absolute atomic E-state index is 0.201. The molecule has 5 N–H and O–H groups in total. The topological polar surface area (TPSA) is 142 Å². The van der Waals surface area contributed by atoms with Crippen LogP contribution in [0.5, 0.6) is 0 Å². The van der Waals surface area contributed by atoms with Crippen LogP contribution in [-0.2, 0) is 19.6 Å². The number of primary amides is 1. The van der Waals surface area contributed by atoms with Gasteiger partial charge >= 0.3 is 5.97 Å². The van der Waals surface area contributed by atoms with Gasteiger partial charge in [-0.05, 0) is 25.1 Å². The first-order chi connectivity index (χ1) is 9.19. The number of amides is 1. The van der Waals surface area contributed by atoms with Gasteiger partial charge in [-0.3, -0.25) is 4.79 Å². The molecule has 20 heavy (non-hydrogen) atoms. The molecule has 1 aromatic carbocycles. The van der Waals surface area contributed by atoms with Crippen molar-refractivity contribution < 1.29 is 22.7 Å². The zero-order valence-electron chi connectivity index (χ0n) is 10.9. The summed E-state index contributed by atoms with van der Waals surface area (Å²) >= 11 is 0. The summed E-state index contributed by atoms with van der Waals surface area (Å²) in [6, 6.07) is 2.52. The van der Waals surface area contributed by atoms with Gasteiger partial charge in [-0.25, -0.2) is 13.2 Å². The third-order valence-corrected chi connectivity index (χ3v) is 4.06. The number of carbonyl (C=O) groups is 2. The van der Waals surface area contributed by atoms with Crippen LogP contribution in [0.15, 0.2) is 23.1 Å². The lowest BCUT2D eigenvalue weighted by atomic mass is 10.2. The molecule has 1 aromatic rings. The van der Waals surface area contributed by atoms with Gasteiger partial charge in [-0.1, -0.05) is 0 Å². The van der Waals surface area contributed by atoms with E-state index >= 15 is 0 Å². The van der Waals surface area contributed by atoms with Crippen molar-refractivity contribution in [2.75, 3.05) is 12.8 Å². The average molecular weight is 301 g/mol. The number of hydrogen-bond donors (Lipinski definition) is 3. The van der Waals surface area contributed by atoms with Gasteiger partial charge in [0, 0.05) is 5.69 Å². The standard InChI is InChI=1S/C11H15N3O5S/c1-6(10(13)15)14-20(17,18)9-4-3-7(12)5-8(9)11(16)19-2/h3-6,14H,12H2,1-2H3,(H2,13,15). The number of rotatable bonds is 5. The largest absolute Gasteiger partial charge is 0.465 e. The zero-order valence-corrected chi connectivity index (χ0v) is 11.7. The van der Waals surface area contributed by atoms with Crippen molar-refractivity contribution in [2.45, 2.75) is 17.9 Å². The van der Waals surface area contributed by atoms with Gasteiger partial charge in [0.05, 0.1) is 23.6 Å². The number of nitrogens with one attached hydrogen (secondary N) is 1.